The van der Waals surface area contributed by atoms with Crippen LogP contribution >= 0.6 is 11.8 Å². The Morgan fingerprint density at radius 2 is 2.15 bits per heavy atom. The number of amides is 2. The van der Waals surface area contributed by atoms with Crippen molar-refractivity contribution in [1.82, 2.24) is 5.32 Å². The van der Waals surface area contributed by atoms with Crippen molar-refractivity contribution in [3.63, 3.8) is 0 Å². The lowest BCUT2D eigenvalue weighted by Gasteiger charge is -2.25. The Kier molecular flexibility index (Phi) is 5.73. The normalized spacial score (nSPS) is 23.1. The van der Waals surface area contributed by atoms with Gasteiger partial charge in [-0.3, -0.25) is 9.59 Å². The Morgan fingerprint density at radius 3 is 2.85 bits per heavy atom. The molecule has 0 aliphatic carbocycles. The average Bonchev–Trinajstić information content (AvgIpc) is 2.60. The number of anilines is 1. The molecule has 0 spiro atoms. The van der Waals surface area contributed by atoms with Crippen molar-refractivity contribution in [2.75, 3.05) is 31.7 Å². The smallest absolute Gasteiger partial charge is 0.376 e. The lowest BCUT2D eigenvalue weighted by atomic mass is 10.1. The summed E-state index contributed by atoms with van der Waals surface area (Å²) in [6, 6.07) is 3.16. The number of alkyl halides is 3. The molecule has 2 aliphatic rings. The van der Waals surface area contributed by atoms with E-state index < -0.39 is 22.9 Å². The number of hydrogen-bond acceptors (Lipinski definition) is 5. The molecule has 2 aliphatic heterocycles. The lowest BCUT2D eigenvalue weighted by Crippen LogP contribution is -2.41. The predicted molar refractivity (Wildman–Crippen MR) is 87.9 cm³/mol. The van der Waals surface area contributed by atoms with Crippen molar-refractivity contribution in [2.45, 2.75) is 28.8 Å². The van der Waals surface area contributed by atoms with E-state index >= 15 is 0 Å². The van der Waals surface area contributed by atoms with Crippen molar-refractivity contribution < 1.29 is 32.2 Å². The fourth-order valence-electron chi connectivity index (χ4n) is 2.58. The second-order valence-electron chi connectivity index (χ2n) is 5.88. The van der Waals surface area contributed by atoms with Gasteiger partial charge in [-0.1, -0.05) is 0 Å². The van der Waals surface area contributed by atoms with Crippen LogP contribution in [0.1, 0.15) is 12.0 Å². The quantitative estimate of drug-likeness (QED) is 0.823. The minimum atomic E-state index is -4.48. The zero-order chi connectivity index (χ0) is 18.7. The van der Waals surface area contributed by atoms with Gasteiger partial charge in [0.25, 0.3) is 0 Å². The van der Waals surface area contributed by atoms with E-state index in [0.29, 0.717) is 24.7 Å². The standard InChI is InChI=1S/C16H17F3N2O4S/c17-16(18,19)9-1-2-12-11(5-9)21-15(23)13(26-12)6-14(22)20-7-10-8-24-3-4-25-10/h1-2,5,10,13H,3-4,6-8H2,(H,20,22)(H,21,23)/t10-,13-/m0/s1. The van der Waals surface area contributed by atoms with Gasteiger partial charge in [0.15, 0.2) is 0 Å². The number of carbonyl (C=O) groups excluding carboxylic acids is 2. The Hall–Kier alpha value is -1.78. The first-order valence-electron chi connectivity index (χ1n) is 7.98. The molecule has 1 fully saturated rings. The molecule has 6 nitrogen and oxygen atoms in total. The number of rotatable bonds is 4. The maximum absolute atomic E-state index is 12.8. The van der Waals surface area contributed by atoms with Gasteiger partial charge in [0.05, 0.1) is 42.4 Å². The third-order valence-corrected chi connectivity index (χ3v) is 5.18. The summed E-state index contributed by atoms with van der Waals surface area (Å²) in [6.07, 6.45) is -4.78. The maximum Gasteiger partial charge on any atom is 0.416 e. The van der Waals surface area contributed by atoms with Gasteiger partial charge in [-0.25, -0.2) is 0 Å². The summed E-state index contributed by atoms with van der Waals surface area (Å²) >= 11 is 1.08. The van der Waals surface area contributed by atoms with Crippen molar-refractivity contribution in [3.8, 4) is 0 Å². The van der Waals surface area contributed by atoms with Crippen LogP contribution < -0.4 is 10.6 Å². The number of benzene rings is 1. The van der Waals surface area contributed by atoms with Crippen LogP contribution in [0.15, 0.2) is 23.1 Å². The van der Waals surface area contributed by atoms with E-state index in [-0.39, 0.29) is 30.7 Å². The highest BCUT2D eigenvalue weighted by atomic mass is 32.2. The summed E-state index contributed by atoms with van der Waals surface area (Å²) in [5.41, 5.74) is -0.720. The maximum atomic E-state index is 12.8. The van der Waals surface area contributed by atoms with Gasteiger partial charge in [0, 0.05) is 17.9 Å². The average molecular weight is 390 g/mol. The molecule has 142 valence electrons. The van der Waals surface area contributed by atoms with Gasteiger partial charge < -0.3 is 20.1 Å². The van der Waals surface area contributed by atoms with E-state index in [1.807, 2.05) is 0 Å². The summed E-state index contributed by atoms with van der Waals surface area (Å²) < 4.78 is 48.9. The van der Waals surface area contributed by atoms with Crippen LogP contribution in [-0.4, -0.2) is 49.5 Å². The van der Waals surface area contributed by atoms with E-state index in [4.69, 9.17) is 9.47 Å². The number of carbonyl (C=O) groups is 2. The third-order valence-electron chi connectivity index (χ3n) is 3.91. The highest BCUT2D eigenvalue weighted by molar-refractivity contribution is 8.01. The monoisotopic (exact) mass is 390 g/mol. The van der Waals surface area contributed by atoms with Crippen LogP contribution in [0, 0.1) is 0 Å². The van der Waals surface area contributed by atoms with E-state index in [1.54, 1.807) is 0 Å². The van der Waals surface area contributed by atoms with Crippen LogP contribution in [0.25, 0.3) is 0 Å². The number of hydrogen-bond donors (Lipinski definition) is 2. The predicted octanol–water partition coefficient (Wildman–Crippen LogP) is 2.04. The molecular weight excluding hydrogens is 373 g/mol. The van der Waals surface area contributed by atoms with Crippen molar-refractivity contribution in [2.24, 2.45) is 0 Å². The molecule has 0 bridgehead atoms. The third kappa shape index (κ3) is 4.68. The molecule has 0 unspecified atom stereocenters. The van der Waals surface area contributed by atoms with E-state index in [0.717, 1.165) is 23.9 Å². The molecule has 2 amide bonds. The van der Waals surface area contributed by atoms with Crippen molar-refractivity contribution in [3.05, 3.63) is 23.8 Å². The van der Waals surface area contributed by atoms with Gasteiger partial charge in [-0.2, -0.15) is 13.2 Å². The topological polar surface area (TPSA) is 76.7 Å². The molecule has 1 aromatic carbocycles. The molecule has 3 rings (SSSR count). The van der Waals surface area contributed by atoms with Crippen molar-refractivity contribution in [1.29, 1.82) is 0 Å². The first kappa shape index (κ1) is 19.0. The number of nitrogens with one attached hydrogen (secondary N) is 2. The number of fused-ring (bicyclic) bond motifs is 1. The van der Waals surface area contributed by atoms with Crippen LogP contribution in [0.3, 0.4) is 0 Å². The van der Waals surface area contributed by atoms with E-state index in [1.165, 1.54) is 6.07 Å². The van der Waals surface area contributed by atoms with Gasteiger partial charge in [0.2, 0.25) is 11.8 Å². The van der Waals surface area contributed by atoms with Gasteiger partial charge in [-0.15, -0.1) is 11.8 Å². The molecule has 1 aromatic rings. The summed E-state index contributed by atoms with van der Waals surface area (Å²) in [4.78, 5) is 24.7. The SMILES string of the molecule is O=C(C[C@@H]1Sc2ccc(C(F)(F)F)cc2NC1=O)NC[C@H]1COCCO1. The van der Waals surface area contributed by atoms with Gasteiger partial charge in [0.1, 0.15) is 0 Å². The molecule has 1 saturated heterocycles. The molecule has 0 radical (unpaired) electrons. The van der Waals surface area contributed by atoms with Crippen LogP contribution in [0.5, 0.6) is 0 Å². The zero-order valence-electron chi connectivity index (χ0n) is 13.6. The largest absolute Gasteiger partial charge is 0.416 e. The van der Waals surface area contributed by atoms with Crippen LogP contribution in [0.2, 0.25) is 0 Å². The fourth-order valence-corrected chi connectivity index (χ4v) is 3.67. The van der Waals surface area contributed by atoms with E-state index in [2.05, 4.69) is 10.6 Å². The second kappa shape index (κ2) is 7.85. The summed E-state index contributed by atoms with van der Waals surface area (Å²) in [6.45, 7) is 1.67. The minimum absolute atomic E-state index is 0.0788. The molecule has 0 aromatic heterocycles. The first-order valence-corrected chi connectivity index (χ1v) is 8.85. The molecule has 0 saturated carbocycles. The molecule has 26 heavy (non-hydrogen) atoms. The molecule has 2 heterocycles. The molecule has 2 atom stereocenters. The van der Waals surface area contributed by atoms with Gasteiger partial charge >= 0.3 is 6.18 Å². The highest BCUT2D eigenvalue weighted by Gasteiger charge is 2.34. The summed E-state index contributed by atoms with van der Waals surface area (Å²) in [7, 11) is 0. The Morgan fingerprint density at radius 1 is 1.35 bits per heavy atom. The molecule has 10 heteroatoms. The molecule has 2 N–H and O–H groups in total. The fraction of sp³-hybridized carbons (Fsp3) is 0.500. The van der Waals surface area contributed by atoms with Crippen molar-refractivity contribution >= 4 is 29.3 Å². The zero-order valence-corrected chi connectivity index (χ0v) is 14.4. The number of halogens is 3. The summed E-state index contributed by atoms with van der Waals surface area (Å²) in [5.74, 6) is -0.823. The molecular formula is C16H17F3N2O4S. The number of ether oxygens (including phenoxy) is 2. The second-order valence-corrected chi connectivity index (χ2v) is 7.12. The first-order chi connectivity index (χ1) is 12.3. The lowest BCUT2D eigenvalue weighted by molar-refractivity contribution is -0.137. The summed E-state index contributed by atoms with van der Waals surface area (Å²) in [5, 5.41) is 4.43. The van der Waals surface area contributed by atoms with Gasteiger partial charge in [-0.05, 0) is 18.2 Å². The Balaban J connectivity index is 1.57. The minimum Gasteiger partial charge on any atom is -0.376 e. The highest BCUT2D eigenvalue weighted by Crippen LogP contribution is 2.40. The van der Waals surface area contributed by atoms with E-state index in [9.17, 15) is 22.8 Å². The number of thioether (sulfide) groups is 1. The van der Waals surface area contributed by atoms with Crippen LogP contribution in [0.4, 0.5) is 18.9 Å². The van der Waals surface area contributed by atoms with Crippen LogP contribution in [-0.2, 0) is 25.2 Å². The Bertz CT molecular complexity index is 693. The Labute approximate surface area is 151 Å².